The summed E-state index contributed by atoms with van der Waals surface area (Å²) in [6.07, 6.45) is 0. The molecule has 0 aliphatic heterocycles. The molecule has 3 aromatic rings. The van der Waals surface area contributed by atoms with Crippen LogP contribution in [-0.4, -0.2) is 11.6 Å². The third kappa shape index (κ3) is 2.44. The van der Waals surface area contributed by atoms with E-state index < -0.39 is 0 Å². The summed E-state index contributed by atoms with van der Waals surface area (Å²) in [5, 5.41) is 1.67. The van der Waals surface area contributed by atoms with Gasteiger partial charge in [0, 0.05) is 5.56 Å². The van der Waals surface area contributed by atoms with Crippen LogP contribution in [0.5, 0.6) is 5.75 Å². The molecule has 2 aromatic carbocycles. The Bertz CT molecular complexity index is 723. The Morgan fingerprint density at radius 2 is 2.05 bits per heavy atom. The Morgan fingerprint density at radius 1 is 1.21 bits per heavy atom. The molecule has 0 atom stereocenters. The van der Waals surface area contributed by atoms with Crippen LogP contribution in [0.15, 0.2) is 42.5 Å². The number of ether oxygens (including phenoxy) is 1. The smallest absolute Gasteiger partial charge is 0.126 e. The lowest BCUT2D eigenvalue weighted by Gasteiger charge is -2.00. The van der Waals surface area contributed by atoms with Gasteiger partial charge in [-0.2, -0.15) is 0 Å². The van der Waals surface area contributed by atoms with Crippen molar-refractivity contribution in [3.8, 4) is 16.3 Å². The van der Waals surface area contributed by atoms with E-state index in [-0.39, 0.29) is 0 Å². The van der Waals surface area contributed by atoms with Crippen molar-refractivity contribution in [1.29, 1.82) is 0 Å². The molecule has 1 heterocycles. The van der Waals surface area contributed by atoms with Crippen LogP contribution in [0.2, 0.25) is 5.02 Å². The molecule has 0 saturated carbocycles. The van der Waals surface area contributed by atoms with E-state index >= 15 is 0 Å². The van der Waals surface area contributed by atoms with Crippen LogP contribution in [0.3, 0.4) is 0 Å². The van der Waals surface area contributed by atoms with E-state index in [1.807, 2.05) is 49.4 Å². The maximum atomic E-state index is 6.21. The number of rotatable bonds is 3. The van der Waals surface area contributed by atoms with Crippen molar-refractivity contribution >= 4 is 33.2 Å². The number of thiazole rings is 1. The largest absolute Gasteiger partial charge is 0.494 e. The maximum absolute atomic E-state index is 6.21. The van der Waals surface area contributed by atoms with E-state index in [9.17, 15) is 0 Å². The van der Waals surface area contributed by atoms with E-state index in [0.29, 0.717) is 6.61 Å². The predicted octanol–water partition coefficient (Wildman–Crippen LogP) is 5.02. The average molecular weight is 290 g/mol. The number of hydrogen-bond acceptors (Lipinski definition) is 3. The van der Waals surface area contributed by atoms with Gasteiger partial charge in [0.2, 0.25) is 0 Å². The first-order chi connectivity index (χ1) is 9.28. The quantitative estimate of drug-likeness (QED) is 0.676. The summed E-state index contributed by atoms with van der Waals surface area (Å²) in [5.41, 5.74) is 1.95. The van der Waals surface area contributed by atoms with E-state index in [1.54, 1.807) is 11.3 Å². The first-order valence-corrected chi connectivity index (χ1v) is 7.25. The van der Waals surface area contributed by atoms with Crippen molar-refractivity contribution < 1.29 is 4.74 Å². The molecule has 0 unspecified atom stereocenters. The van der Waals surface area contributed by atoms with Crippen LogP contribution in [0.4, 0.5) is 0 Å². The standard InChI is InChI=1S/C15H12ClNOS/c1-2-18-10-7-8-13-14(9-10)19-15(17-13)11-5-3-4-6-12(11)16/h3-9H,2H2,1H3. The summed E-state index contributed by atoms with van der Waals surface area (Å²) in [4.78, 5) is 4.62. The lowest BCUT2D eigenvalue weighted by molar-refractivity contribution is 0.341. The first-order valence-electron chi connectivity index (χ1n) is 6.06. The minimum atomic E-state index is 0.668. The van der Waals surface area contributed by atoms with Gasteiger partial charge in [-0.1, -0.05) is 29.8 Å². The number of halogens is 1. The summed E-state index contributed by atoms with van der Waals surface area (Å²) in [6, 6.07) is 13.7. The van der Waals surface area contributed by atoms with Crippen molar-refractivity contribution in [2.24, 2.45) is 0 Å². The molecule has 0 radical (unpaired) electrons. The Kier molecular flexibility index (Phi) is 3.40. The molecule has 0 bridgehead atoms. The van der Waals surface area contributed by atoms with Crippen molar-refractivity contribution in [3.63, 3.8) is 0 Å². The lowest BCUT2D eigenvalue weighted by atomic mass is 10.2. The first kappa shape index (κ1) is 12.5. The minimum Gasteiger partial charge on any atom is -0.494 e. The summed E-state index contributed by atoms with van der Waals surface area (Å²) >= 11 is 7.84. The minimum absolute atomic E-state index is 0.668. The fraction of sp³-hybridized carbons (Fsp3) is 0.133. The number of fused-ring (bicyclic) bond motifs is 1. The Balaban J connectivity index is 2.09. The highest BCUT2D eigenvalue weighted by Gasteiger charge is 2.09. The molecule has 1 aromatic heterocycles. The van der Waals surface area contributed by atoms with Gasteiger partial charge in [-0.05, 0) is 31.2 Å². The highest BCUT2D eigenvalue weighted by molar-refractivity contribution is 7.21. The summed E-state index contributed by atoms with van der Waals surface area (Å²) < 4.78 is 6.62. The van der Waals surface area contributed by atoms with Gasteiger partial charge in [-0.15, -0.1) is 11.3 Å². The van der Waals surface area contributed by atoms with Gasteiger partial charge < -0.3 is 4.74 Å². The molecular formula is C15H12ClNOS. The van der Waals surface area contributed by atoms with Crippen LogP contribution in [0.1, 0.15) is 6.92 Å². The number of nitrogens with zero attached hydrogens (tertiary/aromatic N) is 1. The van der Waals surface area contributed by atoms with Crippen LogP contribution < -0.4 is 4.74 Å². The molecule has 19 heavy (non-hydrogen) atoms. The zero-order valence-corrected chi connectivity index (χ0v) is 12.0. The van der Waals surface area contributed by atoms with Gasteiger partial charge in [-0.25, -0.2) is 4.98 Å². The number of hydrogen-bond donors (Lipinski definition) is 0. The van der Waals surface area contributed by atoms with Crippen molar-refractivity contribution in [1.82, 2.24) is 4.98 Å². The van der Waals surface area contributed by atoms with Crippen LogP contribution >= 0.6 is 22.9 Å². The molecule has 0 fully saturated rings. The van der Waals surface area contributed by atoms with Crippen LogP contribution in [0.25, 0.3) is 20.8 Å². The van der Waals surface area contributed by atoms with Gasteiger partial charge >= 0.3 is 0 Å². The topological polar surface area (TPSA) is 22.1 Å². The van der Waals surface area contributed by atoms with Crippen molar-refractivity contribution in [3.05, 3.63) is 47.5 Å². The third-order valence-electron chi connectivity index (χ3n) is 2.78. The Labute approximate surface area is 120 Å². The monoisotopic (exact) mass is 289 g/mol. The van der Waals surface area contributed by atoms with Gasteiger partial charge in [-0.3, -0.25) is 0 Å². The van der Waals surface area contributed by atoms with Crippen LogP contribution in [0, 0.1) is 0 Å². The molecule has 2 nitrogen and oxygen atoms in total. The van der Waals surface area contributed by atoms with E-state index in [0.717, 1.165) is 31.6 Å². The fourth-order valence-electron chi connectivity index (χ4n) is 1.91. The lowest BCUT2D eigenvalue weighted by Crippen LogP contribution is -1.89. The van der Waals surface area contributed by atoms with Crippen LogP contribution in [-0.2, 0) is 0 Å². The van der Waals surface area contributed by atoms with Gasteiger partial charge in [0.15, 0.2) is 0 Å². The number of benzene rings is 2. The van der Waals surface area contributed by atoms with Gasteiger partial charge in [0.1, 0.15) is 10.8 Å². The van der Waals surface area contributed by atoms with E-state index in [4.69, 9.17) is 16.3 Å². The zero-order valence-electron chi connectivity index (χ0n) is 10.4. The maximum Gasteiger partial charge on any atom is 0.126 e. The molecule has 3 rings (SSSR count). The zero-order chi connectivity index (χ0) is 13.2. The second-order valence-corrected chi connectivity index (χ2v) is 5.50. The normalized spacial score (nSPS) is 10.8. The molecule has 0 aliphatic rings. The highest BCUT2D eigenvalue weighted by atomic mass is 35.5. The second-order valence-electron chi connectivity index (χ2n) is 4.06. The predicted molar refractivity (Wildman–Crippen MR) is 81.2 cm³/mol. The molecular weight excluding hydrogens is 278 g/mol. The molecule has 0 saturated heterocycles. The SMILES string of the molecule is CCOc1ccc2nc(-c3ccccc3Cl)sc2c1. The second kappa shape index (κ2) is 5.19. The average Bonchev–Trinajstić information content (AvgIpc) is 2.82. The fourth-order valence-corrected chi connectivity index (χ4v) is 3.23. The summed E-state index contributed by atoms with van der Waals surface area (Å²) in [6.45, 7) is 2.65. The Morgan fingerprint density at radius 3 is 2.84 bits per heavy atom. The summed E-state index contributed by atoms with van der Waals surface area (Å²) in [5.74, 6) is 0.879. The summed E-state index contributed by atoms with van der Waals surface area (Å²) in [7, 11) is 0. The van der Waals surface area contributed by atoms with Gasteiger partial charge in [0.05, 0.1) is 21.8 Å². The van der Waals surface area contributed by atoms with Crippen molar-refractivity contribution in [2.75, 3.05) is 6.61 Å². The van der Waals surface area contributed by atoms with Crippen molar-refractivity contribution in [2.45, 2.75) is 6.92 Å². The number of aromatic nitrogens is 1. The van der Waals surface area contributed by atoms with Gasteiger partial charge in [0.25, 0.3) is 0 Å². The van der Waals surface area contributed by atoms with E-state index in [1.165, 1.54) is 0 Å². The highest BCUT2D eigenvalue weighted by Crippen LogP contribution is 2.35. The molecule has 96 valence electrons. The third-order valence-corrected chi connectivity index (χ3v) is 4.16. The molecule has 0 spiro atoms. The molecule has 0 amide bonds. The molecule has 0 N–H and O–H groups in total. The van der Waals surface area contributed by atoms with E-state index in [2.05, 4.69) is 4.98 Å². The molecule has 0 aliphatic carbocycles. The Hall–Kier alpha value is -1.58. The molecule has 4 heteroatoms.